The van der Waals surface area contributed by atoms with Crippen LogP contribution in [0.2, 0.25) is 0 Å². The summed E-state index contributed by atoms with van der Waals surface area (Å²) in [5.41, 5.74) is 9.41. The number of carbonyl (C=O) groups is 1. The van der Waals surface area contributed by atoms with Crippen molar-refractivity contribution < 1.29 is 9.36 Å². The highest BCUT2D eigenvalue weighted by Crippen LogP contribution is 2.28. The Morgan fingerprint density at radius 1 is 0.603 bits per heavy atom. The summed E-state index contributed by atoms with van der Waals surface area (Å²) in [5, 5.41) is 3.43. The third-order valence-corrected chi connectivity index (χ3v) is 11.0. The quantitative estimate of drug-likeness (QED) is 0.0647. The summed E-state index contributed by atoms with van der Waals surface area (Å²) >= 11 is 0. The molecule has 0 fully saturated rings. The van der Waals surface area contributed by atoms with Gasteiger partial charge in [-0.1, -0.05) is 178 Å². The monoisotopic (exact) mass is 761 g/mol. The van der Waals surface area contributed by atoms with E-state index in [0.29, 0.717) is 6.54 Å². The lowest BCUT2D eigenvalue weighted by Gasteiger charge is -2.44. The summed E-state index contributed by atoms with van der Waals surface area (Å²) in [6.07, 6.45) is 6.11. The molecule has 0 saturated heterocycles. The largest absolute Gasteiger partial charge is 0.338 e. The molecule has 1 N–H and O–H groups in total. The van der Waals surface area contributed by atoms with Gasteiger partial charge in [-0.2, -0.15) is 31.4 Å². The number of hydrogen-bond donors (Lipinski definition) is 1. The zero-order valence-corrected chi connectivity index (χ0v) is 33.6. The molecule has 290 valence electrons. The highest BCUT2D eigenvalue weighted by molar-refractivity contribution is 7.19. The van der Waals surface area contributed by atoms with E-state index < -0.39 is 6.15 Å². The van der Waals surface area contributed by atoms with E-state index >= 15 is 0 Å². The second-order valence-electron chi connectivity index (χ2n) is 14.7. The average molecular weight is 762 g/mol. The standard InChI is InChI=1S/C27H32N5O.C24H20B/c1-3-5-18-30-20-32(25-15-10-9-14-24(25)30)27-17-11-16-26(29-27)28-22-12-7-8-13-23(22)31(21-33)19-6-4-2;1-5-13-21(14-6-1)25(22-15-7-2-8-16-22,23-17-9-3-10-18-23)24-19-11-4-12-20-24/h7-17,20-21H,3-6,18-19H2,1-2H3,(H,28,29);1-20H/q+1;-1. The van der Waals surface area contributed by atoms with Gasteiger partial charge in [-0.05, 0) is 43.2 Å². The molecule has 8 rings (SSSR count). The van der Waals surface area contributed by atoms with Gasteiger partial charge in [-0.3, -0.25) is 4.79 Å². The number of rotatable bonds is 15. The van der Waals surface area contributed by atoms with Crippen LogP contribution in [0.3, 0.4) is 0 Å². The van der Waals surface area contributed by atoms with Crippen LogP contribution < -0.4 is 36.6 Å². The number of fused-ring (bicyclic) bond motifs is 1. The first kappa shape index (κ1) is 39.5. The van der Waals surface area contributed by atoms with Gasteiger partial charge in [0, 0.05) is 12.6 Å². The van der Waals surface area contributed by atoms with Gasteiger partial charge < -0.3 is 10.2 Å². The molecule has 0 unspecified atom stereocenters. The van der Waals surface area contributed by atoms with E-state index in [1.807, 2.05) is 42.5 Å². The number of imidazole rings is 1. The number of pyridine rings is 1. The van der Waals surface area contributed by atoms with Gasteiger partial charge in [0.25, 0.3) is 6.33 Å². The summed E-state index contributed by atoms with van der Waals surface area (Å²) < 4.78 is 4.44. The fourth-order valence-electron chi connectivity index (χ4n) is 8.14. The van der Waals surface area contributed by atoms with E-state index in [1.165, 1.54) is 27.4 Å². The van der Waals surface area contributed by atoms with Crippen molar-refractivity contribution in [3.8, 4) is 5.82 Å². The summed E-state index contributed by atoms with van der Waals surface area (Å²) in [7, 11) is 0. The van der Waals surface area contributed by atoms with Crippen LogP contribution in [0.1, 0.15) is 39.5 Å². The minimum atomic E-state index is -1.22. The van der Waals surface area contributed by atoms with Crippen molar-refractivity contribution in [3.05, 3.63) is 194 Å². The molecule has 2 heterocycles. The van der Waals surface area contributed by atoms with Crippen LogP contribution in [0.15, 0.2) is 194 Å². The molecule has 0 aliphatic heterocycles. The number of benzene rings is 6. The second-order valence-corrected chi connectivity index (χ2v) is 14.7. The molecule has 6 aromatic carbocycles. The lowest BCUT2D eigenvalue weighted by Crippen LogP contribution is -2.74. The number of aromatic nitrogens is 3. The molecule has 6 nitrogen and oxygen atoms in total. The molecule has 58 heavy (non-hydrogen) atoms. The van der Waals surface area contributed by atoms with Crippen LogP contribution in [0.5, 0.6) is 0 Å². The molecular formula is C51H52BN5O. The first-order valence-corrected chi connectivity index (χ1v) is 20.6. The third-order valence-electron chi connectivity index (χ3n) is 11.0. The Balaban J connectivity index is 0.000000183. The molecule has 8 aromatic rings. The van der Waals surface area contributed by atoms with Crippen molar-refractivity contribution in [2.45, 2.75) is 46.1 Å². The Bertz CT molecular complexity index is 2330. The molecule has 0 atom stereocenters. The maximum Gasteiger partial charge on any atom is 0.251 e. The van der Waals surface area contributed by atoms with E-state index in [1.54, 1.807) is 4.90 Å². The topological polar surface area (TPSA) is 54.0 Å². The number of amides is 1. The Kier molecular flexibility index (Phi) is 13.2. The van der Waals surface area contributed by atoms with Crippen LogP contribution in [0, 0.1) is 0 Å². The molecular weight excluding hydrogens is 709 g/mol. The Morgan fingerprint density at radius 2 is 1.12 bits per heavy atom. The van der Waals surface area contributed by atoms with E-state index in [-0.39, 0.29) is 0 Å². The van der Waals surface area contributed by atoms with Crippen LogP contribution in [-0.4, -0.2) is 28.7 Å². The Hall–Kier alpha value is -6.73. The van der Waals surface area contributed by atoms with Crippen molar-refractivity contribution in [1.82, 2.24) is 9.55 Å². The van der Waals surface area contributed by atoms with Crippen molar-refractivity contribution in [3.63, 3.8) is 0 Å². The van der Waals surface area contributed by atoms with Crippen molar-refractivity contribution >= 4 is 62.6 Å². The highest BCUT2D eigenvalue weighted by atomic mass is 16.1. The number of unbranched alkanes of at least 4 members (excludes halogenated alkanes) is 2. The van der Waals surface area contributed by atoms with Crippen LogP contribution in [0.4, 0.5) is 17.2 Å². The van der Waals surface area contributed by atoms with Gasteiger partial charge >= 0.3 is 0 Å². The van der Waals surface area contributed by atoms with Crippen LogP contribution in [-0.2, 0) is 11.3 Å². The molecule has 2 aromatic heterocycles. The molecule has 0 radical (unpaired) electrons. The first-order valence-electron chi connectivity index (χ1n) is 20.6. The summed E-state index contributed by atoms with van der Waals surface area (Å²) in [4.78, 5) is 18.4. The predicted molar refractivity (Wildman–Crippen MR) is 244 cm³/mol. The highest BCUT2D eigenvalue weighted by Gasteiger charge is 2.31. The molecule has 0 bridgehead atoms. The Labute approximate surface area is 343 Å². The van der Waals surface area contributed by atoms with Gasteiger partial charge in [-0.15, -0.1) is 0 Å². The molecule has 7 heteroatoms. The maximum absolute atomic E-state index is 11.7. The van der Waals surface area contributed by atoms with Crippen molar-refractivity contribution in [2.75, 3.05) is 16.8 Å². The fraction of sp³-hybridized carbons (Fsp3) is 0.157. The molecule has 0 aliphatic carbocycles. The number of nitrogens with one attached hydrogen (secondary N) is 1. The van der Waals surface area contributed by atoms with E-state index in [2.05, 4.69) is 180 Å². The van der Waals surface area contributed by atoms with Gasteiger partial charge in [-0.25, -0.2) is 4.57 Å². The second kappa shape index (κ2) is 19.4. The number of nitrogens with zero attached hydrogens (tertiary/aromatic N) is 4. The number of carbonyl (C=O) groups excluding carboxylic acids is 1. The summed E-state index contributed by atoms with van der Waals surface area (Å²) in [5.74, 6) is 1.58. The number of para-hydroxylation sites is 4. The number of anilines is 3. The van der Waals surface area contributed by atoms with Gasteiger partial charge in [0.1, 0.15) is 12.0 Å². The zero-order valence-electron chi connectivity index (χ0n) is 33.6. The molecule has 1 amide bonds. The normalized spacial score (nSPS) is 11.1. The number of hydrogen-bond acceptors (Lipinski definition) is 3. The first-order chi connectivity index (χ1) is 28.7. The lowest BCUT2D eigenvalue weighted by molar-refractivity contribution is -0.672. The van der Waals surface area contributed by atoms with E-state index in [4.69, 9.17) is 4.98 Å². The number of aryl methyl sites for hydroxylation is 1. The minimum Gasteiger partial charge on any atom is -0.338 e. The fourth-order valence-corrected chi connectivity index (χ4v) is 8.14. The Morgan fingerprint density at radius 3 is 1.67 bits per heavy atom. The smallest absolute Gasteiger partial charge is 0.251 e. The minimum absolute atomic E-state index is 0.694. The zero-order chi connectivity index (χ0) is 40.0. The lowest BCUT2D eigenvalue weighted by atomic mass is 9.13. The SMILES string of the molecule is CCCCN(C=O)c1ccccc1Nc1cccc(-n2c[n+](CCCC)c3ccccc32)n1.c1ccc([B-](c2ccccc2)(c2ccccc2)c2ccccc2)cc1. The van der Waals surface area contributed by atoms with E-state index in [9.17, 15) is 4.79 Å². The van der Waals surface area contributed by atoms with Gasteiger partial charge in [0.05, 0.1) is 17.9 Å². The van der Waals surface area contributed by atoms with Gasteiger partial charge in [0.15, 0.2) is 11.0 Å². The predicted octanol–water partition coefficient (Wildman–Crippen LogP) is 8.68. The van der Waals surface area contributed by atoms with Crippen molar-refractivity contribution in [2.24, 2.45) is 0 Å². The molecule has 0 aliphatic rings. The molecule has 0 spiro atoms. The average Bonchev–Trinajstić information content (AvgIpc) is 3.67. The maximum atomic E-state index is 11.7. The van der Waals surface area contributed by atoms with Crippen LogP contribution in [0.25, 0.3) is 16.9 Å². The van der Waals surface area contributed by atoms with Crippen LogP contribution >= 0.6 is 0 Å². The summed E-state index contributed by atoms with van der Waals surface area (Å²) in [6.45, 7) is 6.01. The van der Waals surface area contributed by atoms with Crippen molar-refractivity contribution in [1.29, 1.82) is 0 Å². The van der Waals surface area contributed by atoms with Gasteiger partial charge in [0.2, 0.25) is 12.2 Å². The summed E-state index contributed by atoms with van der Waals surface area (Å²) in [6, 6.07) is 65.8. The molecule has 0 saturated carbocycles. The van der Waals surface area contributed by atoms with E-state index in [0.717, 1.165) is 67.2 Å². The third kappa shape index (κ3) is 8.64.